The van der Waals surface area contributed by atoms with E-state index in [-0.39, 0.29) is 24.9 Å². The lowest BCUT2D eigenvalue weighted by atomic mass is 9.99. The predicted octanol–water partition coefficient (Wildman–Crippen LogP) is 0.0171. The van der Waals surface area contributed by atoms with E-state index in [1.54, 1.807) is 0 Å². The summed E-state index contributed by atoms with van der Waals surface area (Å²) in [4.78, 5) is 12.3. The van der Waals surface area contributed by atoms with Gasteiger partial charge in [-0.25, -0.2) is 12.7 Å². The highest BCUT2D eigenvalue weighted by molar-refractivity contribution is 7.88. The number of nitrogens with one attached hydrogen (secondary N) is 1. The highest BCUT2D eigenvalue weighted by atomic mass is 32.2. The van der Waals surface area contributed by atoms with Crippen molar-refractivity contribution in [2.75, 3.05) is 19.3 Å². The Morgan fingerprint density at radius 2 is 2.22 bits per heavy atom. The summed E-state index contributed by atoms with van der Waals surface area (Å²) in [5.41, 5.74) is 0.720. The lowest BCUT2D eigenvalue weighted by Gasteiger charge is -2.30. The van der Waals surface area contributed by atoms with Crippen LogP contribution in [0.5, 0.6) is 0 Å². The summed E-state index contributed by atoms with van der Waals surface area (Å²) >= 11 is 0. The van der Waals surface area contributed by atoms with Crippen molar-refractivity contribution in [3.8, 4) is 0 Å². The maximum Gasteiger partial charge on any atom is 0.224 e. The molecule has 1 atom stereocenters. The number of amides is 1. The molecule has 0 bridgehead atoms. The van der Waals surface area contributed by atoms with E-state index in [1.807, 2.05) is 28.8 Å². The molecule has 1 saturated heterocycles. The average Bonchev–Trinajstić information content (AvgIpc) is 2.95. The molecule has 2 aromatic heterocycles. The van der Waals surface area contributed by atoms with Gasteiger partial charge in [0.05, 0.1) is 18.7 Å². The Morgan fingerprint density at radius 1 is 1.39 bits per heavy atom. The molecule has 0 saturated carbocycles. The lowest BCUT2D eigenvalue weighted by Crippen LogP contribution is -2.45. The Bertz CT molecular complexity index is 817. The van der Waals surface area contributed by atoms with Gasteiger partial charge >= 0.3 is 0 Å². The molecule has 1 fully saturated rings. The van der Waals surface area contributed by atoms with Crippen LogP contribution in [0.4, 0.5) is 0 Å². The number of nitrogens with zero attached hydrogens (tertiary/aromatic N) is 4. The van der Waals surface area contributed by atoms with Crippen molar-refractivity contribution in [2.45, 2.75) is 19.4 Å². The summed E-state index contributed by atoms with van der Waals surface area (Å²) in [6.45, 7) is 0.988. The molecule has 0 spiro atoms. The van der Waals surface area contributed by atoms with Crippen molar-refractivity contribution < 1.29 is 13.2 Å². The number of rotatable bonds is 4. The fraction of sp³-hybridized carbons (Fsp3) is 0.500. The van der Waals surface area contributed by atoms with Gasteiger partial charge < -0.3 is 5.32 Å². The number of aromatic nitrogens is 3. The monoisotopic (exact) mass is 337 g/mol. The number of sulfonamides is 1. The third-order valence-electron chi connectivity index (χ3n) is 4.03. The summed E-state index contributed by atoms with van der Waals surface area (Å²) in [6, 6.07) is 5.57. The minimum atomic E-state index is -3.25. The van der Waals surface area contributed by atoms with E-state index in [2.05, 4.69) is 15.5 Å². The molecule has 0 aliphatic carbocycles. The normalized spacial score (nSPS) is 19.8. The summed E-state index contributed by atoms with van der Waals surface area (Å²) in [5, 5.41) is 10.9. The Balaban J connectivity index is 1.63. The van der Waals surface area contributed by atoms with Crippen LogP contribution in [0.25, 0.3) is 5.65 Å². The van der Waals surface area contributed by atoms with Crippen LogP contribution in [0.1, 0.15) is 18.7 Å². The number of hydrogen-bond acceptors (Lipinski definition) is 5. The van der Waals surface area contributed by atoms with Crippen LogP contribution in [-0.4, -0.2) is 52.6 Å². The predicted molar refractivity (Wildman–Crippen MR) is 84.0 cm³/mol. The molecule has 3 rings (SSSR count). The van der Waals surface area contributed by atoms with E-state index in [0.717, 1.165) is 5.65 Å². The Labute approximate surface area is 134 Å². The zero-order valence-corrected chi connectivity index (χ0v) is 13.7. The molecule has 23 heavy (non-hydrogen) atoms. The lowest BCUT2D eigenvalue weighted by molar-refractivity contribution is -0.126. The molecule has 0 aromatic carbocycles. The minimum Gasteiger partial charge on any atom is -0.349 e. The molecule has 1 aliphatic heterocycles. The van der Waals surface area contributed by atoms with Gasteiger partial charge in [0, 0.05) is 19.3 Å². The van der Waals surface area contributed by atoms with Crippen LogP contribution in [0.2, 0.25) is 0 Å². The topological polar surface area (TPSA) is 96.7 Å². The van der Waals surface area contributed by atoms with Crippen molar-refractivity contribution in [3.05, 3.63) is 30.2 Å². The van der Waals surface area contributed by atoms with Crippen molar-refractivity contribution in [1.29, 1.82) is 0 Å². The first kappa shape index (κ1) is 15.9. The first-order valence-electron chi connectivity index (χ1n) is 7.46. The summed E-state index contributed by atoms with van der Waals surface area (Å²) in [5.74, 6) is 0.174. The number of carbonyl (C=O) groups is 1. The number of hydrogen-bond donors (Lipinski definition) is 1. The fourth-order valence-electron chi connectivity index (χ4n) is 2.78. The van der Waals surface area contributed by atoms with E-state index in [9.17, 15) is 13.2 Å². The van der Waals surface area contributed by atoms with Gasteiger partial charge in [0.15, 0.2) is 11.5 Å². The zero-order valence-electron chi connectivity index (χ0n) is 12.8. The van der Waals surface area contributed by atoms with Crippen molar-refractivity contribution >= 4 is 21.6 Å². The molecular formula is C14H19N5O3S. The van der Waals surface area contributed by atoms with E-state index >= 15 is 0 Å². The highest BCUT2D eigenvalue weighted by Gasteiger charge is 2.30. The molecule has 124 valence electrons. The maximum absolute atomic E-state index is 12.3. The van der Waals surface area contributed by atoms with Crippen LogP contribution in [0.15, 0.2) is 24.4 Å². The first-order chi connectivity index (χ1) is 10.9. The fourth-order valence-corrected chi connectivity index (χ4v) is 3.69. The molecule has 9 heteroatoms. The molecule has 3 heterocycles. The van der Waals surface area contributed by atoms with Crippen LogP contribution < -0.4 is 5.32 Å². The van der Waals surface area contributed by atoms with Gasteiger partial charge in [0.25, 0.3) is 0 Å². The van der Waals surface area contributed by atoms with Gasteiger partial charge in [-0.2, -0.15) is 0 Å². The molecule has 2 aromatic rings. The summed E-state index contributed by atoms with van der Waals surface area (Å²) in [7, 11) is -3.25. The molecule has 1 amide bonds. The number of piperidine rings is 1. The summed E-state index contributed by atoms with van der Waals surface area (Å²) < 4.78 is 26.4. The Morgan fingerprint density at radius 3 is 3.00 bits per heavy atom. The van der Waals surface area contributed by atoms with Crippen molar-refractivity contribution in [2.24, 2.45) is 5.92 Å². The standard InChI is InChI=1S/C14H19N5O3S/c1-23(21,22)18-7-4-5-11(10-18)14(20)15-9-13-17-16-12-6-2-3-8-19(12)13/h2-3,6,8,11H,4-5,7,9-10H2,1H3,(H,15,20)/t11-/m1/s1. The van der Waals surface area contributed by atoms with Gasteiger partial charge in [-0.3, -0.25) is 9.20 Å². The Hall–Kier alpha value is -2.00. The molecule has 0 unspecified atom stereocenters. The molecule has 1 aliphatic rings. The van der Waals surface area contributed by atoms with E-state index in [4.69, 9.17) is 0 Å². The third kappa shape index (κ3) is 3.50. The van der Waals surface area contributed by atoms with Crippen molar-refractivity contribution in [3.63, 3.8) is 0 Å². The minimum absolute atomic E-state index is 0.147. The van der Waals surface area contributed by atoms with Gasteiger partial charge in [-0.1, -0.05) is 6.07 Å². The van der Waals surface area contributed by atoms with Gasteiger partial charge in [-0.05, 0) is 25.0 Å². The van der Waals surface area contributed by atoms with Crippen LogP contribution in [-0.2, 0) is 21.4 Å². The number of pyridine rings is 1. The Kier molecular flexibility index (Phi) is 4.31. The number of fused-ring (bicyclic) bond motifs is 1. The highest BCUT2D eigenvalue weighted by Crippen LogP contribution is 2.18. The van der Waals surface area contributed by atoms with Gasteiger partial charge in [-0.15, -0.1) is 10.2 Å². The summed E-state index contributed by atoms with van der Waals surface area (Å²) in [6.07, 6.45) is 4.40. The molecule has 1 N–H and O–H groups in total. The van der Waals surface area contributed by atoms with Crippen LogP contribution in [0, 0.1) is 5.92 Å². The maximum atomic E-state index is 12.3. The smallest absolute Gasteiger partial charge is 0.224 e. The molecular weight excluding hydrogens is 318 g/mol. The molecule has 0 radical (unpaired) electrons. The van der Waals surface area contributed by atoms with Gasteiger partial charge in [0.2, 0.25) is 15.9 Å². The van der Waals surface area contributed by atoms with Crippen molar-refractivity contribution in [1.82, 2.24) is 24.2 Å². The van der Waals surface area contributed by atoms with Crippen LogP contribution >= 0.6 is 0 Å². The second-order valence-corrected chi connectivity index (χ2v) is 7.71. The second kappa shape index (κ2) is 6.25. The largest absolute Gasteiger partial charge is 0.349 e. The van der Waals surface area contributed by atoms with Gasteiger partial charge in [0.1, 0.15) is 0 Å². The quantitative estimate of drug-likeness (QED) is 0.848. The SMILES string of the molecule is CS(=O)(=O)N1CCC[C@@H](C(=O)NCc2nnc3ccccn23)C1. The molecule has 8 nitrogen and oxygen atoms in total. The van der Waals surface area contributed by atoms with Crippen LogP contribution in [0.3, 0.4) is 0 Å². The first-order valence-corrected chi connectivity index (χ1v) is 9.31. The van der Waals surface area contributed by atoms with E-state index in [1.165, 1.54) is 10.6 Å². The zero-order chi connectivity index (χ0) is 16.4. The number of carbonyl (C=O) groups excluding carboxylic acids is 1. The van der Waals surface area contributed by atoms with E-state index in [0.29, 0.717) is 25.2 Å². The third-order valence-corrected chi connectivity index (χ3v) is 5.30. The average molecular weight is 337 g/mol. The second-order valence-electron chi connectivity index (χ2n) is 5.72. The van der Waals surface area contributed by atoms with E-state index < -0.39 is 10.0 Å².